The van der Waals surface area contributed by atoms with Crippen LogP contribution in [0.1, 0.15) is 25.7 Å². The van der Waals surface area contributed by atoms with E-state index in [4.69, 9.17) is 4.74 Å². The van der Waals surface area contributed by atoms with Crippen LogP contribution in [0.2, 0.25) is 0 Å². The standard InChI is InChI=1S/C18H27N3O2/c22-18(21-12-14-23-15-13-21)8-9-19-16-4-6-17(7-5-16)20-10-2-1-3-11-20/h4-7,19H,1-3,8-15H2. The Kier molecular flexibility index (Phi) is 5.75. The predicted molar refractivity (Wildman–Crippen MR) is 93.0 cm³/mol. The van der Waals surface area contributed by atoms with E-state index in [1.165, 1.54) is 38.0 Å². The normalized spacial score (nSPS) is 18.8. The van der Waals surface area contributed by atoms with E-state index in [0.717, 1.165) is 18.8 Å². The molecule has 0 aromatic heterocycles. The molecule has 2 fully saturated rings. The minimum absolute atomic E-state index is 0.214. The SMILES string of the molecule is O=C(CCNc1ccc(N2CCCCC2)cc1)N1CCOCC1. The lowest BCUT2D eigenvalue weighted by Crippen LogP contribution is -2.41. The molecule has 0 unspecified atom stereocenters. The van der Waals surface area contributed by atoms with Gasteiger partial charge >= 0.3 is 0 Å². The van der Waals surface area contributed by atoms with E-state index in [0.29, 0.717) is 26.2 Å². The zero-order valence-corrected chi connectivity index (χ0v) is 13.8. The van der Waals surface area contributed by atoms with Gasteiger partial charge in [-0.2, -0.15) is 0 Å². The number of carbonyl (C=O) groups is 1. The van der Waals surface area contributed by atoms with Crippen molar-refractivity contribution in [1.29, 1.82) is 0 Å². The fraction of sp³-hybridized carbons (Fsp3) is 0.611. The van der Waals surface area contributed by atoms with Gasteiger partial charge in [0.1, 0.15) is 0 Å². The van der Waals surface area contributed by atoms with Gasteiger partial charge in [0.05, 0.1) is 13.2 Å². The summed E-state index contributed by atoms with van der Waals surface area (Å²) in [5.41, 5.74) is 2.39. The largest absolute Gasteiger partial charge is 0.385 e. The first-order valence-electron chi connectivity index (χ1n) is 8.77. The molecule has 0 atom stereocenters. The predicted octanol–water partition coefficient (Wildman–Crippen LogP) is 2.34. The molecule has 2 aliphatic heterocycles. The number of hydrogen-bond acceptors (Lipinski definition) is 4. The van der Waals surface area contributed by atoms with Crippen LogP contribution in [0.3, 0.4) is 0 Å². The number of piperidine rings is 1. The maximum atomic E-state index is 12.1. The van der Waals surface area contributed by atoms with Gasteiger partial charge in [-0.15, -0.1) is 0 Å². The van der Waals surface area contributed by atoms with Crippen LogP contribution in [0.25, 0.3) is 0 Å². The van der Waals surface area contributed by atoms with Crippen molar-refractivity contribution >= 4 is 17.3 Å². The first-order chi connectivity index (χ1) is 11.3. The molecule has 0 radical (unpaired) electrons. The van der Waals surface area contributed by atoms with Crippen molar-refractivity contribution in [2.45, 2.75) is 25.7 Å². The van der Waals surface area contributed by atoms with Crippen molar-refractivity contribution < 1.29 is 9.53 Å². The monoisotopic (exact) mass is 317 g/mol. The van der Waals surface area contributed by atoms with Gasteiger partial charge in [0.25, 0.3) is 0 Å². The Morgan fingerprint density at radius 1 is 1.00 bits per heavy atom. The Morgan fingerprint density at radius 3 is 2.39 bits per heavy atom. The zero-order chi connectivity index (χ0) is 15.9. The highest BCUT2D eigenvalue weighted by molar-refractivity contribution is 5.76. The second-order valence-corrected chi connectivity index (χ2v) is 6.26. The van der Waals surface area contributed by atoms with Gasteiger partial charge in [0.2, 0.25) is 5.91 Å². The van der Waals surface area contributed by atoms with Crippen LogP contribution in [0.15, 0.2) is 24.3 Å². The highest BCUT2D eigenvalue weighted by atomic mass is 16.5. The van der Waals surface area contributed by atoms with E-state index in [2.05, 4.69) is 34.5 Å². The summed E-state index contributed by atoms with van der Waals surface area (Å²) in [5, 5.41) is 3.35. The van der Waals surface area contributed by atoms with Crippen LogP contribution in [-0.4, -0.2) is 56.7 Å². The molecule has 3 rings (SSSR count). The van der Waals surface area contributed by atoms with Crippen molar-refractivity contribution in [2.75, 3.05) is 56.2 Å². The minimum atomic E-state index is 0.214. The topological polar surface area (TPSA) is 44.8 Å². The van der Waals surface area contributed by atoms with Crippen LogP contribution in [0.4, 0.5) is 11.4 Å². The van der Waals surface area contributed by atoms with Crippen molar-refractivity contribution in [1.82, 2.24) is 4.90 Å². The fourth-order valence-corrected chi connectivity index (χ4v) is 3.23. The minimum Gasteiger partial charge on any atom is -0.385 e. The van der Waals surface area contributed by atoms with Crippen molar-refractivity contribution in [3.8, 4) is 0 Å². The maximum absolute atomic E-state index is 12.1. The van der Waals surface area contributed by atoms with Crippen LogP contribution in [0, 0.1) is 0 Å². The molecule has 126 valence electrons. The molecule has 1 N–H and O–H groups in total. The average Bonchev–Trinajstić information content (AvgIpc) is 2.64. The number of anilines is 2. The molecular weight excluding hydrogens is 290 g/mol. The Bertz CT molecular complexity index is 491. The molecule has 2 saturated heterocycles. The lowest BCUT2D eigenvalue weighted by molar-refractivity contribution is -0.134. The number of nitrogens with one attached hydrogen (secondary N) is 1. The Morgan fingerprint density at radius 2 is 1.70 bits per heavy atom. The third-order valence-electron chi connectivity index (χ3n) is 4.62. The second-order valence-electron chi connectivity index (χ2n) is 6.26. The third-order valence-corrected chi connectivity index (χ3v) is 4.62. The van der Waals surface area contributed by atoms with Crippen molar-refractivity contribution in [3.05, 3.63) is 24.3 Å². The smallest absolute Gasteiger partial charge is 0.224 e. The van der Waals surface area contributed by atoms with Crippen LogP contribution >= 0.6 is 0 Å². The molecule has 1 aromatic carbocycles. The molecule has 0 bridgehead atoms. The molecule has 2 aliphatic rings. The number of carbonyl (C=O) groups excluding carboxylic acids is 1. The number of rotatable bonds is 5. The molecule has 1 aromatic rings. The molecular formula is C18H27N3O2. The third kappa shape index (κ3) is 4.61. The summed E-state index contributed by atoms with van der Waals surface area (Å²) in [6, 6.07) is 8.58. The molecule has 2 heterocycles. The fourth-order valence-electron chi connectivity index (χ4n) is 3.23. The van der Waals surface area contributed by atoms with Crippen LogP contribution in [-0.2, 0) is 9.53 Å². The summed E-state index contributed by atoms with van der Waals surface area (Å²) in [6.45, 7) is 5.79. The first-order valence-corrected chi connectivity index (χ1v) is 8.77. The van der Waals surface area contributed by atoms with E-state index in [9.17, 15) is 4.79 Å². The number of hydrogen-bond donors (Lipinski definition) is 1. The Labute approximate surface area is 138 Å². The Balaban J connectivity index is 1.42. The maximum Gasteiger partial charge on any atom is 0.224 e. The van der Waals surface area contributed by atoms with E-state index in [1.54, 1.807) is 0 Å². The van der Waals surface area contributed by atoms with Crippen LogP contribution < -0.4 is 10.2 Å². The molecule has 1 amide bonds. The first kappa shape index (κ1) is 16.1. The highest BCUT2D eigenvalue weighted by Gasteiger charge is 2.16. The number of morpholine rings is 1. The highest BCUT2D eigenvalue weighted by Crippen LogP contribution is 2.21. The number of amides is 1. The molecule has 0 spiro atoms. The molecule has 23 heavy (non-hydrogen) atoms. The van der Waals surface area contributed by atoms with Gasteiger partial charge < -0.3 is 19.9 Å². The van der Waals surface area contributed by atoms with Crippen LogP contribution in [0.5, 0.6) is 0 Å². The van der Waals surface area contributed by atoms with Gasteiger partial charge in [-0.1, -0.05) is 0 Å². The van der Waals surface area contributed by atoms with E-state index in [1.807, 2.05) is 4.90 Å². The zero-order valence-electron chi connectivity index (χ0n) is 13.8. The summed E-state index contributed by atoms with van der Waals surface area (Å²) in [6.07, 6.45) is 4.48. The summed E-state index contributed by atoms with van der Waals surface area (Å²) in [7, 11) is 0. The molecule has 0 aliphatic carbocycles. The van der Waals surface area contributed by atoms with E-state index >= 15 is 0 Å². The van der Waals surface area contributed by atoms with E-state index < -0.39 is 0 Å². The summed E-state index contributed by atoms with van der Waals surface area (Å²) in [5.74, 6) is 0.214. The van der Waals surface area contributed by atoms with Gasteiger partial charge in [-0.05, 0) is 43.5 Å². The number of benzene rings is 1. The van der Waals surface area contributed by atoms with Gasteiger partial charge in [0, 0.05) is 50.5 Å². The number of ether oxygens (including phenoxy) is 1. The van der Waals surface area contributed by atoms with Crippen molar-refractivity contribution in [3.63, 3.8) is 0 Å². The van der Waals surface area contributed by atoms with Gasteiger partial charge in [-0.3, -0.25) is 4.79 Å². The van der Waals surface area contributed by atoms with Gasteiger partial charge in [-0.25, -0.2) is 0 Å². The molecule has 5 heteroatoms. The quantitative estimate of drug-likeness (QED) is 0.905. The number of nitrogens with zero attached hydrogens (tertiary/aromatic N) is 2. The Hall–Kier alpha value is -1.75. The second kappa shape index (κ2) is 8.20. The molecule has 5 nitrogen and oxygen atoms in total. The van der Waals surface area contributed by atoms with E-state index in [-0.39, 0.29) is 5.91 Å². The lowest BCUT2D eigenvalue weighted by atomic mass is 10.1. The van der Waals surface area contributed by atoms with Crippen molar-refractivity contribution in [2.24, 2.45) is 0 Å². The van der Waals surface area contributed by atoms with Gasteiger partial charge in [0.15, 0.2) is 0 Å². The molecule has 0 saturated carbocycles. The summed E-state index contributed by atoms with van der Waals surface area (Å²) in [4.78, 5) is 16.4. The summed E-state index contributed by atoms with van der Waals surface area (Å²) >= 11 is 0. The summed E-state index contributed by atoms with van der Waals surface area (Å²) < 4.78 is 5.27. The lowest BCUT2D eigenvalue weighted by Gasteiger charge is -2.29. The average molecular weight is 317 g/mol.